The van der Waals surface area contributed by atoms with Crippen LogP contribution in [0.4, 0.5) is 0 Å². The molecule has 1 N–H and O–H groups in total. The number of rotatable bonds is 9. The van der Waals surface area contributed by atoms with Crippen molar-refractivity contribution in [3.05, 3.63) is 80.1 Å². The van der Waals surface area contributed by atoms with Gasteiger partial charge in [-0.05, 0) is 67.6 Å². The summed E-state index contributed by atoms with van der Waals surface area (Å²) in [6.45, 7) is 5.00. The molecule has 8 heteroatoms. The van der Waals surface area contributed by atoms with Gasteiger partial charge >= 0.3 is 0 Å². The summed E-state index contributed by atoms with van der Waals surface area (Å²) in [4.78, 5) is 26.0. The van der Waals surface area contributed by atoms with Crippen molar-refractivity contribution in [2.24, 2.45) is 0 Å². The van der Waals surface area contributed by atoms with E-state index in [-0.39, 0.29) is 29.8 Å². The minimum Gasteiger partial charge on any atom is -0.494 e. The van der Waals surface area contributed by atoms with Crippen LogP contribution in [0.5, 0.6) is 23.1 Å². The van der Waals surface area contributed by atoms with E-state index in [2.05, 4.69) is 0 Å². The van der Waals surface area contributed by atoms with Gasteiger partial charge in [-0.1, -0.05) is 18.2 Å². The lowest BCUT2D eigenvalue weighted by molar-refractivity contribution is 0.0915. The lowest BCUT2D eigenvalue weighted by Gasteiger charge is -2.17. The number of hydrogen-bond acceptors (Lipinski definition) is 7. The van der Waals surface area contributed by atoms with Crippen molar-refractivity contribution in [1.82, 2.24) is 4.57 Å². The summed E-state index contributed by atoms with van der Waals surface area (Å²) >= 11 is 0. The number of hydrogen-bond donors (Lipinski definition) is 1. The van der Waals surface area contributed by atoms with E-state index in [1.807, 2.05) is 38.1 Å². The third kappa shape index (κ3) is 5.14. The van der Waals surface area contributed by atoms with Gasteiger partial charge in [-0.25, -0.2) is 0 Å². The zero-order chi connectivity index (χ0) is 25.7. The smallest absolute Gasteiger partial charge is 0.271 e. The Morgan fingerprint density at radius 3 is 2.40 bits per heavy atom. The number of carbonyl (C=O) groups excluding carboxylic acids is 1. The van der Waals surface area contributed by atoms with E-state index in [1.165, 1.54) is 21.1 Å². The molecule has 0 atom stereocenters. The standard InChI is InChI=1S/C27H28N2O6/c1-16-7-6-8-22(17(16)2)35-15-21(30)25-18(3)20(14-28)26(31)29(27(25)32)12-11-19-9-10-23(33-4)24(13-19)34-5/h6-10,13,32H,11-12,15H2,1-5H3. The van der Waals surface area contributed by atoms with Crippen LogP contribution >= 0.6 is 0 Å². The molecule has 1 aromatic heterocycles. The first-order chi connectivity index (χ1) is 16.7. The van der Waals surface area contributed by atoms with Gasteiger partial charge in [0, 0.05) is 6.54 Å². The van der Waals surface area contributed by atoms with Gasteiger partial charge in [-0.15, -0.1) is 0 Å². The van der Waals surface area contributed by atoms with Crippen LogP contribution in [-0.2, 0) is 13.0 Å². The molecule has 0 amide bonds. The fourth-order valence-corrected chi connectivity index (χ4v) is 3.87. The molecule has 8 nitrogen and oxygen atoms in total. The number of Topliss-reactive ketones (excluding diaryl/α,β-unsaturated/α-hetero) is 1. The van der Waals surface area contributed by atoms with Crippen LogP contribution in [0.1, 0.15) is 38.2 Å². The predicted molar refractivity (Wildman–Crippen MR) is 131 cm³/mol. The summed E-state index contributed by atoms with van der Waals surface area (Å²) in [5.74, 6) is 0.634. The van der Waals surface area contributed by atoms with Gasteiger partial charge in [0.25, 0.3) is 5.56 Å². The van der Waals surface area contributed by atoms with E-state index in [1.54, 1.807) is 18.2 Å². The van der Waals surface area contributed by atoms with Gasteiger partial charge in [-0.3, -0.25) is 14.2 Å². The van der Waals surface area contributed by atoms with E-state index < -0.39 is 17.2 Å². The quantitative estimate of drug-likeness (QED) is 0.467. The number of aromatic hydroxyl groups is 1. The first-order valence-electron chi connectivity index (χ1n) is 11.0. The van der Waals surface area contributed by atoms with Gasteiger partial charge < -0.3 is 19.3 Å². The molecule has 1 heterocycles. The Morgan fingerprint density at radius 2 is 1.74 bits per heavy atom. The highest BCUT2D eigenvalue weighted by Crippen LogP contribution is 2.29. The SMILES string of the molecule is COc1ccc(CCn2c(O)c(C(=O)COc3cccc(C)c3C)c(C)c(C#N)c2=O)cc1OC. The minimum atomic E-state index is -0.657. The number of ketones is 1. The number of benzene rings is 2. The highest BCUT2D eigenvalue weighted by Gasteiger charge is 2.24. The van der Waals surface area contributed by atoms with E-state index in [4.69, 9.17) is 14.2 Å². The molecule has 0 unspecified atom stereocenters. The summed E-state index contributed by atoms with van der Waals surface area (Å²) in [7, 11) is 3.06. The summed E-state index contributed by atoms with van der Waals surface area (Å²) in [5, 5.41) is 20.5. The first kappa shape index (κ1) is 25.4. The average molecular weight is 477 g/mol. The molecule has 0 aliphatic rings. The third-order valence-corrected chi connectivity index (χ3v) is 6.06. The summed E-state index contributed by atoms with van der Waals surface area (Å²) in [6, 6.07) is 12.7. The average Bonchev–Trinajstić information content (AvgIpc) is 2.84. The molecule has 0 bridgehead atoms. The molecular formula is C27H28N2O6. The fraction of sp³-hybridized carbons (Fsp3) is 0.296. The van der Waals surface area contributed by atoms with E-state index >= 15 is 0 Å². The molecule has 0 radical (unpaired) electrons. The van der Waals surface area contributed by atoms with Crippen molar-refractivity contribution in [1.29, 1.82) is 5.26 Å². The monoisotopic (exact) mass is 476 g/mol. The molecule has 0 aliphatic heterocycles. The van der Waals surface area contributed by atoms with E-state index in [9.17, 15) is 20.0 Å². The molecule has 0 fully saturated rings. The first-order valence-corrected chi connectivity index (χ1v) is 11.0. The fourth-order valence-electron chi connectivity index (χ4n) is 3.87. The maximum Gasteiger partial charge on any atom is 0.271 e. The highest BCUT2D eigenvalue weighted by atomic mass is 16.5. The lowest BCUT2D eigenvalue weighted by Crippen LogP contribution is -2.28. The maximum absolute atomic E-state index is 13.1. The molecule has 3 aromatic rings. The number of nitrogens with zero attached hydrogens (tertiary/aromatic N) is 2. The normalized spacial score (nSPS) is 10.5. The molecule has 2 aromatic carbocycles. The third-order valence-electron chi connectivity index (χ3n) is 6.06. The maximum atomic E-state index is 13.1. The second kappa shape index (κ2) is 10.8. The van der Waals surface area contributed by atoms with Crippen molar-refractivity contribution in [2.45, 2.75) is 33.7 Å². The minimum absolute atomic E-state index is 0.0488. The van der Waals surface area contributed by atoms with Crippen LogP contribution in [-0.4, -0.2) is 36.3 Å². The van der Waals surface area contributed by atoms with Crippen LogP contribution < -0.4 is 19.8 Å². The zero-order valence-corrected chi connectivity index (χ0v) is 20.5. The Labute approximate surface area is 203 Å². The number of ether oxygens (including phenoxy) is 3. The predicted octanol–water partition coefficient (Wildman–Crippen LogP) is 3.87. The zero-order valence-electron chi connectivity index (χ0n) is 20.5. The Bertz CT molecular complexity index is 1370. The van der Waals surface area contributed by atoms with Gasteiger partial charge in [0.05, 0.1) is 19.8 Å². The number of methoxy groups -OCH3 is 2. The van der Waals surface area contributed by atoms with Gasteiger partial charge in [0.1, 0.15) is 17.4 Å². The van der Waals surface area contributed by atoms with E-state index in [0.29, 0.717) is 23.7 Å². The Morgan fingerprint density at radius 1 is 1.03 bits per heavy atom. The number of pyridine rings is 1. The topological polar surface area (TPSA) is 111 Å². The largest absolute Gasteiger partial charge is 0.494 e. The molecular weight excluding hydrogens is 448 g/mol. The Hall–Kier alpha value is -4.25. The molecule has 0 saturated heterocycles. The second-order valence-corrected chi connectivity index (χ2v) is 8.12. The molecule has 182 valence electrons. The molecule has 0 saturated carbocycles. The molecule has 3 rings (SSSR count). The van der Waals surface area contributed by atoms with Gasteiger partial charge in [0.15, 0.2) is 18.1 Å². The van der Waals surface area contributed by atoms with Crippen LogP contribution in [0.15, 0.2) is 41.2 Å². The number of carbonyl (C=O) groups is 1. The molecule has 0 aliphatic carbocycles. The number of nitriles is 1. The Kier molecular flexibility index (Phi) is 7.82. The summed E-state index contributed by atoms with van der Waals surface area (Å²) < 4.78 is 17.3. The lowest BCUT2D eigenvalue weighted by atomic mass is 10.0. The molecule has 35 heavy (non-hydrogen) atoms. The van der Waals surface area contributed by atoms with Crippen molar-refractivity contribution >= 4 is 5.78 Å². The Balaban J connectivity index is 1.92. The van der Waals surface area contributed by atoms with Gasteiger partial charge in [0.2, 0.25) is 11.7 Å². The van der Waals surface area contributed by atoms with Crippen molar-refractivity contribution in [3.8, 4) is 29.2 Å². The highest BCUT2D eigenvalue weighted by molar-refractivity contribution is 6.01. The van der Waals surface area contributed by atoms with Crippen LogP contribution in [0, 0.1) is 32.1 Å². The van der Waals surface area contributed by atoms with Crippen molar-refractivity contribution in [3.63, 3.8) is 0 Å². The van der Waals surface area contributed by atoms with Crippen LogP contribution in [0.25, 0.3) is 0 Å². The van der Waals surface area contributed by atoms with E-state index in [0.717, 1.165) is 21.3 Å². The summed E-state index contributed by atoms with van der Waals surface area (Å²) in [6.07, 6.45) is 0.342. The molecule has 0 spiro atoms. The van der Waals surface area contributed by atoms with Crippen LogP contribution in [0.3, 0.4) is 0 Å². The summed E-state index contributed by atoms with van der Waals surface area (Å²) in [5.41, 5.74) is 1.92. The number of aryl methyl sites for hydroxylation is 2. The van der Waals surface area contributed by atoms with Crippen LogP contribution in [0.2, 0.25) is 0 Å². The number of aromatic nitrogens is 1. The van der Waals surface area contributed by atoms with Crippen molar-refractivity contribution < 1.29 is 24.1 Å². The van der Waals surface area contributed by atoms with Gasteiger partial charge in [-0.2, -0.15) is 5.26 Å². The van der Waals surface area contributed by atoms with Crippen molar-refractivity contribution in [2.75, 3.05) is 20.8 Å². The second-order valence-electron chi connectivity index (χ2n) is 8.12.